The molecule has 0 aliphatic heterocycles. The molecule has 122 valence electrons. The Hall–Kier alpha value is -2.10. The number of benzene rings is 1. The summed E-state index contributed by atoms with van der Waals surface area (Å²) in [4.78, 5) is 10.0. The number of nitro benzene ring substituents is 1. The lowest BCUT2D eigenvalue weighted by Gasteiger charge is -2.12. The predicted octanol–water partition coefficient (Wildman–Crippen LogP) is 2.51. The van der Waals surface area contributed by atoms with Gasteiger partial charge < -0.3 is 16.0 Å². The Morgan fingerprint density at radius 2 is 2.00 bits per heavy atom. The molecule has 0 atom stereocenters. The number of nitrogens with one attached hydrogen (secondary N) is 3. The lowest BCUT2D eigenvalue weighted by molar-refractivity contribution is -0.384. The molecule has 0 unspecified atom stereocenters. The molecule has 1 rings (SSSR count). The van der Waals surface area contributed by atoms with E-state index < -0.39 is 22.4 Å². The fraction of sp³-hybridized carbons (Fsp3) is 0.417. The molecule has 0 saturated heterocycles. The summed E-state index contributed by atoms with van der Waals surface area (Å²) in [5.41, 5.74) is -1.66. The zero-order valence-corrected chi connectivity index (χ0v) is 12.5. The number of alkyl halides is 3. The van der Waals surface area contributed by atoms with E-state index in [9.17, 15) is 23.3 Å². The molecule has 0 radical (unpaired) electrons. The molecular formula is C12H15F3N4O2S. The maximum atomic E-state index is 12.6. The van der Waals surface area contributed by atoms with E-state index in [1.165, 1.54) is 0 Å². The highest BCUT2D eigenvalue weighted by Crippen LogP contribution is 2.34. The average molecular weight is 336 g/mol. The van der Waals surface area contributed by atoms with Crippen molar-refractivity contribution in [2.75, 3.05) is 25.0 Å². The van der Waals surface area contributed by atoms with E-state index in [1.54, 1.807) is 0 Å². The zero-order chi connectivity index (χ0) is 16.8. The highest BCUT2D eigenvalue weighted by atomic mass is 32.1. The molecule has 0 saturated carbocycles. The third-order valence-corrected chi connectivity index (χ3v) is 2.87. The molecule has 3 N–H and O–H groups in total. The van der Waals surface area contributed by atoms with Gasteiger partial charge in [-0.1, -0.05) is 0 Å². The van der Waals surface area contributed by atoms with Gasteiger partial charge in [-0.05, 0) is 31.3 Å². The van der Waals surface area contributed by atoms with Gasteiger partial charge in [-0.25, -0.2) is 0 Å². The first kappa shape index (κ1) is 18.0. The van der Waals surface area contributed by atoms with Gasteiger partial charge in [0.2, 0.25) is 0 Å². The van der Waals surface area contributed by atoms with Crippen LogP contribution in [0.15, 0.2) is 18.2 Å². The number of hydrogen-bond acceptors (Lipinski definition) is 4. The van der Waals surface area contributed by atoms with Gasteiger partial charge in [-0.2, -0.15) is 13.2 Å². The first-order valence-corrected chi connectivity index (χ1v) is 6.77. The van der Waals surface area contributed by atoms with Crippen molar-refractivity contribution in [3.8, 4) is 0 Å². The standard InChI is InChI=1S/C12H15F3N4O2S/c1-2-16-11(22)18-6-5-17-9-4-3-8(12(13,14)15)7-10(9)19(20)21/h3-4,7,17H,2,5-6H2,1H3,(H2,16,18,22). The Morgan fingerprint density at radius 1 is 1.32 bits per heavy atom. The average Bonchev–Trinajstić information content (AvgIpc) is 2.42. The number of anilines is 1. The van der Waals surface area contributed by atoms with E-state index in [1.807, 2.05) is 6.92 Å². The van der Waals surface area contributed by atoms with Crippen molar-refractivity contribution in [2.45, 2.75) is 13.1 Å². The summed E-state index contributed by atoms with van der Waals surface area (Å²) in [5.74, 6) is 0. The second-order valence-corrected chi connectivity index (χ2v) is 4.61. The molecule has 22 heavy (non-hydrogen) atoms. The van der Waals surface area contributed by atoms with Crippen LogP contribution in [-0.4, -0.2) is 29.7 Å². The molecule has 0 amide bonds. The number of nitro groups is 1. The Bertz CT molecular complexity index is 552. The van der Waals surface area contributed by atoms with Gasteiger partial charge in [0.1, 0.15) is 5.69 Å². The Labute approximate surface area is 130 Å². The molecule has 0 aliphatic carbocycles. The maximum absolute atomic E-state index is 12.6. The van der Waals surface area contributed by atoms with E-state index in [-0.39, 0.29) is 12.2 Å². The number of nitrogens with zero attached hydrogens (tertiary/aromatic N) is 1. The second-order valence-electron chi connectivity index (χ2n) is 4.20. The van der Waals surface area contributed by atoms with E-state index in [0.29, 0.717) is 24.3 Å². The van der Waals surface area contributed by atoms with Crippen LogP contribution >= 0.6 is 12.2 Å². The van der Waals surface area contributed by atoms with Crippen molar-refractivity contribution < 1.29 is 18.1 Å². The second kappa shape index (κ2) is 7.78. The monoisotopic (exact) mass is 336 g/mol. The van der Waals surface area contributed by atoms with Crippen LogP contribution < -0.4 is 16.0 Å². The summed E-state index contributed by atoms with van der Waals surface area (Å²) in [6.07, 6.45) is -4.62. The van der Waals surface area contributed by atoms with Crippen LogP contribution in [0, 0.1) is 10.1 Å². The highest BCUT2D eigenvalue weighted by molar-refractivity contribution is 7.80. The van der Waals surface area contributed by atoms with Crippen LogP contribution in [0.3, 0.4) is 0 Å². The van der Waals surface area contributed by atoms with Gasteiger partial charge in [-0.3, -0.25) is 10.1 Å². The maximum Gasteiger partial charge on any atom is 0.416 e. The van der Waals surface area contributed by atoms with Gasteiger partial charge in [0.25, 0.3) is 5.69 Å². The van der Waals surface area contributed by atoms with Gasteiger partial charge >= 0.3 is 6.18 Å². The zero-order valence-electron chi connectivity index (χ0n) is 11.7. The number of rotatable bonds is 6. The fourth-order valence-corrected chi connectivity index (χ4v) is 1.85. The SMILES string of the molecule is CCNC(=S)NCCNc1ccc(C(F)(F)F)cc1[N+](=O)[O-]. The van der Waals surface area contributed by atoms with Crippen molar-refractivity contribution in [3.63, 3.8) is 0 Å². The van der Waals surface area contributed by atoms with Gasteiger partial charge in [0.05, 0.1) is 10.5 Å². The smallest absolute Gasteiger partial charge is 0.378 e. The quantitative estimate of drug-likeness (QED) is 0.321. The van der Waals surface area contributed by atoms with Crippen LogP contribution in [0.2, 0.25) is 0 Å². The minimum absolute atomic E-state index is 0.0224. The summed E-state index contributed by atoms with van der Waals surface area (Å²) in [7, 11) is 0. The van der Waals surface area contributed by atoms with Crippen molar-refractivity contribution in [1.82, 2.24) is 10.6 Å². The minimum atomic E-state index is -4.62. The predicted molar refractivity (Wildman–Crippen MR) is 80.9 cm³/mol. The summed E-state index contributed by atoms with van der Waals surface area (Å²) in [5, 5.41) is 19.7. The third-order valence-electron chi connectivity index (χ3n) is 2.59. The molecule has 0 bridgehead atoms. The summed E-state index contributed by atoms with van der Waals surface area (Å²) in [6, 6.07) is 2.36. The van der Waals surface area contributed by atoms with Crippen LogP contribution in [0.5, 0.6) is 0 Å². The molecule has 0 spiro atoms. The molecule has 1 aromatic rings. The lowest BCUT2D eigenvalue weighted by atomic mass is 10.1. The van der Waals surface area contributed by atoms with E-state index >= 15 is 0 Å². The Kier molecular flexibility index (Phi) is 6.35. The third kappa shape index (κ3) is 5.35. The topological polar surface area (TPSA) is 79.2 Å². The minimum Gasteiger partial charge on any atom is -0.378 e. The fourth-order valence-electron chi connectivity index (χ4n) is 1.60. The van der Waals surface area contributed by atoms with E-state index in [2.05, 4.69) is 16.0 Å². The van der Waals surface area contributed by atoms with Gasteiger partial charge in [-0.15, -0.1) is 0 Å². The Balaban J connectivity index is 2.70. The van der Waals surface area contributed by atoms with E-state index in [4.69, 9.17) is 12.2 Å². The summed E-state index contributed by atoms with van der Waals surface area (Å²) < 4.78 is 37.7. The molecular weight excluding hydrogens is 321 g/mol. The van der Waals surface area contributed by atoms with Crippen molar-refractivity contribution in [3.05, 3.63) is 33.9 Å². The van der Waals surface area contributed by atoms with Crippen LogP contribution in [0.25, 0.3) is 0 Å². The van der Waals surface area contributed by atoms with E-state index in [0.717, 1.165) is 12.1 Å². The molecule has 0 aromatic heterocycles. The lowest BCUT2D eigenvalue weighted by Crippen LogP contribution is -2.37. The largest absolute Gasteiger partial charge is 0.416 e. The molecule has 0 fully saturated rings. The van der Waals surface area contributed by atoms with Crippen LogP contribution in [-0.2, 0) is 6.18 Å². The molecule has 6 nitrogen and oxygen atoms in total. The molecule has 0 aliphatic rings. The Morgan fingerprint density at radius 3 is 2.55 bits per heavy atom. The molecule has 10 heteroatoms. The van der Waals surface area contributed by atoms with Gasteiger partial charge in [0, 0.05) is 25.7 Å². The molecule has 0 heterocycles. The highest BCUT2D eigenvalue weighted by Gasteiger charge is 2.32. The molecule has 1 aromatic carbocycles. The van der Waals surface area contributed by atoms with Crippen molar-refractivity contribution in [2.24, 2.45) is 0 Å². The van der Waals surface area contributed by atoms with Crippen LogP contribution in [0.4, 0.5) is 24.5 Å². The first-order chi connectivity index (χ1) is 10.3. The van der Waals surface area contributed by atoms with Gasteiger partial charge in [0.15, 0.2) is 5.11 Å². The van der Waals surface area contributed by atoms with Crippen molar-refractivity contribution in [1.29, 1.82) is 0 Å². The number of thiocarbonyl (C=S) groups is 1. The number of halogens is 3. The first-order valence-electron chi connectivity index (χ1n) is 6.37. The number of hydrogen-bond donors (Lipinski definition) is 3. The summed E-state index contributed by atoms with van der Waals surface area (Å²) >= 11 is 4.93. The normalized spacial score (nSPS) is 10.9. The summed E-state index contributed by atoms with van der Waals surface area (Å²) in [6.45, 7) is 3.16. The van der Waals surface area contributed by atoms with Crippen molar-refractivity contribution >= 4 is 28.7 Å². The van der Waals surface area contributed by atoms with Crippen LogP contribution in [0.1, 0.15) is 12.5 Å².